The molecular weight excluding hydrogens is 356 g/mol. The lowest BCUT2D eigenvalue weighted by Gasteiger charge is -2.42. The highest BCUT2D eigenvalue weighted by Crippen LogP contribution is 2.37. The lowest BCUT2D eigenvalue weighted by atomic mass is 9.91. The van der Waals surface area contributed by atoms with Crippen LogP contribution in [0.1, 0.15) is 45.7 Å². The van der Waals surface area contributed by atoms with E-state index in [-0.39, 0.29) is 23.0 Å². The summed E-state index contributed by atoms with van der Waals surface area (Å²) >= 11 is 0. The van der Waals surface area contributed by atoms with Gasteiger partial charge in [-0.3, -0.25) is 0 Å². The smallest absolute Gasteiger partial charge is 0.407 e. The van der Waals surface area contributed by atoms with Crippen molar-refractivity contribution in [2.75, 3.05) is 19.7 Å². The predicted molar refractivity (Wildman–Crippen MR) is 113 cm³/mol. The minimum atomic E-state index is -1.87. The molecule has 1 fully saturated rings. The summed E-state index contributed by atoms with van der Waals surface area (Å²) in [4.78, 5) is 13.0. The Hall–Kier alpha value is -1.37. The maximum absolute atomic E-state index is 11.5. The molecule has 0 aliphatic carbocycles. The average Bonchev–Trinajstić information content (AvgIpc) is 2.60. The standard InChI is InChI=1S/C21H36N2O3Si/c1-16(17-10-8-7-9-11-17)22-19-12-13-23(20(24)25)14-18(19)15-26-27(5,6)21(2,3)4/h7-11,16,18-19,22H,12-15H2,1-6H3,(H,24,25)/t16?,18-,19-/m1/s1. The molecule has 2 rings (SSSR count). The number of benzene rings is 1. The van der Waals surface area contributed by atoms with Gasteiger partial charge in [0.1, 0.15) is 0 Å². The van der Waals surface area contributed by atoms with Crippen molar-refractivity contribution in [2.45, 2.75) is 64.3 Å². The van der Waals surface area contributed by atoms with Crippen molar-refractivity contribution in [1.82, 2.24) is 10.2 Å². The van der Waals surface area contributed by atoms with Crippen LogP contribution in [-0.4, -0.2) is 50.2 Å². The molecule has 1 amide bonds. The lowest BCUT2D eigenvalue weighted by Crippen LogP contribution is -2.54. The largest absolute Gasteiger partial charge is 0.465 e. The van der Waals surface area contributed by atoms with E-state index in [0.29, 0.717) is 19.7 Å². The molecule has 1 saturated heterocycles. The van der Waals surface area contributed by atoms with Gasteiger partial charge in [0.15, 0.2) is 8.32 Å². The van der Waals surface area contributed by atoms with E-state index in [2.05, 4.69) is 70.4 Å². The molecule has 0 spiro atoms. The van der Waals surface area contributed by atoms with Crippen LogP contribution in [0, 0.1) is 5.92 Å². The van der Waals surface area contributed by atoms with Crippen LogP contribution in [0.25, 0.3) is 0 Å². The number of carboxylic acid groups (broad SMARTS) is 1. The van der Waals surface area contributed by atoms with E-state index in [0.717, 1.165) is 6.42 Å². The van der Waals surface area contributed by atoms with Crippen LogP contribution >= 0.6 is 0 Å². The average molecular weight is 393 g/mol. The Labute approximate surface area is 165 Å². The van der Waals surface area contributed by atoms with Crippen molar-refractivity contribution in [3.8, 4) is 0 Å². The molecule has 27 heavy (non-hydrogen) atoms. The van der Waals surface area contributed by atoms with Crippen LogP contribution in [0.15, 0.2) is 30.3 Å². The predicted octanol–water partition coefficient (Wildman–Crippen LogP) is 4.73. The van der Waals surface area contributed by atoms with Gasteiger partial charge in [0.2, 0.25) is 0 Å². The Morgan fingerprint density at radius 1 is 1.33 bits per heavy atom. The van der Waals surface area contributed by atoms with Gasteiger partial charge in [0, 0.05) is 37.7 Å². The molecule has 152 valence electrons. The van der Waals surface area contributed by atoms with E-state index < -0.39 is 14.4 Å². The highest BCUT2D eigenvalue weighted by Gasteiger charge is 2.39. The second kappa shape index (κ2) is 8.75. The maximum Gasteiger partial charge on any atom is 0.407 e. The minimum Gasteiger partial charge on any atom is -0.465 e. The van der Waals surface area contributed by atoms with E-state index >= 15 is 0 Å². The number of nitrogens with zero attached hydrogens (tertiary/aromatic N) is 1. The second-order valence-electron chi connectivity index (χ2n) is 9.25. The van der Waals surface area contributed by atoms with Gasteiger partial charge >= 0.3 is 6.09 Å². The van der Waals surface area contributed by atoms with E-state index in [4.69, 9.17) is 4.43 Å². The summed E-state index contributed by atoms with van der Waals surface area (Å²) in [5.74, 6) is 0.162. The van der Waals surface area contributed by atoms with Gasteiger partial charge in [0.05, 0.1) is 0 Å². The first kappa shape index (κ1) is 21.9. The molecule has 2 N–H and O–H groups in total. The van der Waals surface area contributed by atoms with Gasteiger partial charge in [-0.25, -0.2) is 4.79 Å². The normalized spacial score (nSPS) is 22.5. The number of hydrogen-bond donors (Lipinski definition) is 2. The van der Waals surface area contributed by atoms with Crippen LogP contribution in [0.2, 0.25) is 18.1 Å². The molecule has 0 radical (unpaired) electrons. The van der Waals surface area contributed by atoms with Crippen molar-refractivity contribution >= 4 is 14.4 Å². The number of rotatable bonds is 6. The third kappa shape index (κ3) is 5.80. The van der Waals surface area contributed by atoms with Crippen molar-refractivity contribution in [1.29, 1.82) is 0 Å². The van der Waals surface area contributed by atoms with Crippen LogP contribution in [0.4, 0.5) is 4.79 Å². The van der Waals surface area contributed by atoms with Crippen LogP contribution in [0.3, 0.4) is 0 Å². The maximum atomic E-state index is 11.5. The summed E-state index contributed by atoms with van der Waals surface area (Å²) < 4.78 is 6.46. The fraction of sp³-hybridized carbons (Fsp3) is 0.667. The first-order valence-corrected chi connectivity index (χ1v) is 12.8. The molecule has 1 aliphatic heterocycles. The first-order chi connectivity index (χ1) is 12.5. The lowest BCUT2D eigenvalue weighted by molar-refractivity contribution is 0.0802. The molecule has 1 aromatic carbocycles. The number of piperidine rings is 1. The number of nitrogens with one attached hydrogen (secondary N) is 1. The van der Waals surface area contributed by atoms with E-state index in [9.17, 15) is 9.90 Å². The van der Waals surface area contributed by atoms with Crippen molar-refractivity contribution < 1.29 is 14.3 Å². The Kier molecular flexibility index (Phi) is 7.11. The molecule has 0 saturated carbocycles. The number of hydrogen-bond acceptors (Lipinski definition) is 3. The Morgan fingerprint density at radius 3 is 2.52 bits per heavy atom. The Balaban J connectivity index is 2.08. The summed E-state index contributed by atoms with van der Waals surface area (Å²) in [5, 5.41) is 13.3. The molecule has 1 aliphatic rings. The third-order valence-electron chi connectivity index (χ3n) is 6.23. The van der Waals surface area contributed by atoms with Crippen molar-refractivity contribution in [3.05, 3.63) is 35.9 Å². The fourth-order valence-electron chi connectivity index (χ4n) is 3.29. The summed E-state index contributed by atoms with van der Waals surface area (Å²) in [6.45, 7) is 15.1. The molecular formula is C21H36N2O3Si. The molecule has 3 atom stereocenters. The Bertz CT molecular complexity index is 616. The molecule has 6 heteroatoms. The number of amides is 1. The van der Waals surface area contributed by atoms with Gasteiger partial charge in [-0.05, 0) is 37.0 Å². The van der Waals surface area contributed by atoms with Crippen molar-refractivity contribution in [2.24, 2.45) is 5.92 Å². The topological polar surface area (TPSA) is 61.8 Å². The van der Waals surface area contributed by atoms with Crippen LogP contribution in [0.5, 0.6) is 0 Å². The SMILES string of the molecule is CC(N[C@@H]1CCN(C(=O)O)C[C@@H]1CO[Si](C)(C)C(C)(C)C)c1ccccc1. The summed E-state index contributed by atoms with van der Waals surface area (Å²) in [6, 6.07) is 10.9. The minimum absolute atomic E-state index is 0.147. The second-order valence-corrected chi connectivity index (χ2v) is 14.1. The molecule has 1 aromatic rings. The molecule has 0 aromatic heterocycles. The van der Waals surface area contributed by atoms with E-state index in [1.54, 1.807) is 0 Å². The van der Waals surface area contributed by atoms with Gasteiger partial charge in [-0.1, -0.05) is 51.1 Å². The van der Waals surface area contributed by atoms with E-state index in [1.807, 2.05) is 6.07 Å². The van der Waals surface area contributed by atoms with Gasteiger partial charge in [-0.2, -0.15) is 0 Å². The zero-order chi connectivity index (χ0) is 20.2. The monoisotopic (exact) mass is 392 g/mol. The van der Waals surface area contributed by atoms with Crippen LogP contribution in [-0.2, 0) is 4.43 Å². The molecule has 0 bridgehead atoms. The van der Waals surface area contributed by atoms with Gasteiger partial charge < -0.3 is 19.7 Å². The molecule has 1 heterocycles. The van der Waals surface area contributed by atoms with Gasteiger partial charge in [-0.15, -0.1) is 0 Å². The quantitative estimate of drug-likeness (QED) is 0.687. The van der Waals surface area contributed by atoms with Gasteiger partial charge in [0.25, 0.3) is 0 Å². The first-order valence-electron chi connectivity index (χ1n) is 9.94. The number of carbonyl (C=O) groups is 1. The molecule has 1 unspecified atom stereocenters. The summed E-state index contributed by atoms with van der Waals surface area (Å²) in [5.41, 5.74) is 1.25. The highest BCUT2D eigenvalue weighted by atomic mass is 28.4. The zero-order valence-corrected chi connectivity index (χ0v) is 18.7. The summed E-state index contributed by atoms with van der Waals surface area (Å²) in [6.07, 6.45) is -0.0171. The molecule has 5 nitrogen and oxygen atoms in total. The summed E-state index contributed by atoms with van der Waals surface area (Å²) in [7, 11) is -1.87. The third-order valence-corrected chi connectivity index (χ3v) is 10.7. The van der Waals surface area contributed by atoms with Crippen molar-refractivity contribution in [3.63, 3.8) is 0 Å². The highest BCUT2D eigenvalue weighted by molar-refractivity contribution is 6.74. The van der Waals surface area contributed by atoms with Crippen LogP contribution < -0.4 is 5.32 Å². The van der Waals surface area contributed by atoms with E-state index in [1.165, 1.54) is 10.5 Å². The zero-order valence-electron chi connectivity index (χ0n) is 17.7. The Morgan fingerprint density at radius 2 is 1.96 bits per heavy atom. The number of likely N-dealkylation sites (tertiary alicyclic amines) is 1. The fourth-order valence-corrected chi connectivity index (χ4v) is 4.35.